The van der Waals surface area contributed by atoms with Gasteiger partial charge in [-0.2, -0.15) is 0 Å². The van der Waals surface area contributed by atoms with E-state index in [1.54, 1.807) is 12.1 Å². The number of benzene rings is 2. The van der Waals surface area contributed by atoms with Gasteiger partial charge < -0.3 is 9.47 Å². The molecule has 0 atom stereocenters. The molecule has 0 saturated carbocycles. The highest BCUT2D eigenvalue weighted by atomic mass is 127. The zero-order chi connectivity index (χ0) is 24.1. The van der Waals surface area contributed by atoms with Crippen molar-refractivity contribution in [3.63, 3.8) is 0 Å². The largest absolute Gasteiger partial charge is 0.493 e. The highest BCUT2D eigenvalue weighted by Gasteiger charge is 2.36. The van der Waals surface area contributed by atoms with Crippen LogP contribution in [-0.4, -0.2) is 47.0 Å². The van der Waals surface area contributed by atoms with Crippen LogP contribution in [0, 0.1) is 13.7 Å². The highest BCUT2D eigenvalue weighted by molar-refractivity contribution is 14.1. The van der Waals surface area contributed by atoms with Gasteiger partial charge in [-0.25, -0.2) is 0 Å². The number of nitrogens with zero attached hydrogens (tertiary/aromatic N) is 2. The van der Waals surface area contributed by atoms with E-state index in [9.17, 15) is 24.5 Å². The molecule has 0 bridgehead atoms. The Kier molecular flexibility index (Phi) is 8.08. The second kappa shape index (κ2) is 10.8. The van der Waals surface area contributed by atoms with Crippen molar-refractivity contribution in [2.24, 2.45) is 0 Å². The van der Waals surface area contributed by atoms with E-state index in [1.165, 1.54) is 31.4 Å². The molecule has 33 heavy (non-hydrogen) atoms. The average Bonchev–Trinajstić information content (AvgIpc) is 3.05. The Labute approximate surface area is 207 Å². The number of halogens is 1. The third kappa shape index (κ3) is 5.71. The lowest BCUT2D eigenvalue weighted by molar-refractivity contribution is -0.384. The Morgan fingerprint density at radius 1 is 1.24 bits per heavy atom. The molecule has 1 heterocycles. The van der Waals surface area contributed by atoms with Crippen molar-refractivity contribution in [1.82, 2.24) is 4.90 Å². The van der Waals surface area contributed by atoms with Crippen LogP contribution in [0.5, 0.6) is 11.5 Å². The van der Waals surface area contributed by atoms with Crippen LogP contribution >= 0.6 is 34.4 Å². The Bertz CT molecular complexity index is 1150. The minimum Gasteiger partial charge on any atom is -0.493 e. The zero-order valence-corrected chi connectivity index (χ0v) is 20.7. The maximum absolute atomic E-state index is 12.8. The molecular weight excluding hydrogens is 563 g/mol. The predicted octanol–water partition coefficient (Wildman–Crippen LogP) is 4.92. The normalized spacial score (nSPS) is 14.6. The number of non-ortho nitro benzene ring substituents is 1. The molecule has 11 heteroatoms. The molecule has 0 unspecified atom stereocenters. The van der Waals surface area contributed by atoms with Gasteiger partial charge in [0.25, 0.3) is 16.8 Å². The van der Waals surface area contributed by atoms with E-state index in [0.717, 1.165) is 26.7 Å². The summed E-state index contributed by atoms with van der Waals surface area (Å²) in [5.74, 6) is 0.0377. The number of amides is 2. The van der Waals surface area contributed by atoms with Gasteiger partial charge in [0.1, 0.15) is 0 Å². The monoisotopic (exact) mass is 582 g/mol. The summed E-state index contributed by atoms with van der Waals surface area (Å²) in [5.41, 5.74) is 0.662. The molecule has 0 N–H and O–H groups in total. The van der Waals surface area contributed by atoms with Crippen molar-refractivity contribution in [2.75, 3.05) is 20.3 Å². The summed E-state index contributed by atoms with van der Waals surface area (Å²) >= 11 is 2.85. The third-order valence-electron chi connectivity index (χ3n) is 4.58. The Morgan fingerprint density at radius 3 is 2.55 bits per heavy atom. The van der Waals surface area contributed by atoms with Crippen molar-refractivity contribution in [3.8, 4) is 11.5 Å². The maximum atomic E-state index is 12.8. The van der Waals surface area contributed by atoms with Crippen molar-refractivity contribution in [2.45, 2.75) is 13.3 Å². The smallest absolute Gasteiger partial charge is 0.293 e. The number of carbonyl (C=O) groups is 3. The lowest BCUT2D eigenvalue weighted by atomic mass is 10.1. The number of thioether (sulfide) groups is 1. The number of ketones is 1. The molecule has 0 aromatic heterocycles. The van der Waals surface area contributed by atoms with E-state index in [4.69, 9.17) is 9.47 Å². The number of nitro benzene ring substituents is 1. The minimum atomic E-state index is -0.583. The summed E-state index contributed by atoms with van der Waals surface area (Å²) in [6, 6.07) is 8.51. The van der Waals surface area contributed by atoms with E-state index >= 15 is 0 Å². The van der Waals surface area contributed by atoms with E-state index in [1.807, 2.05) is 13.0 Å². The van der Waals surface area contributed by atoms with Crippen LogP contribution in [0.1, 0.15) is 29.3 Å². The van der Waals surface area contributed by atoms with Gasteiger partial charge in [-0.3, -0.25) is 29.4 Å². The third-order valence-corrected chi connectivity index (χ3v) is 6.28. The van der Waals surface area contributed by atoms with Gasteiger partial charge in [0.05, 0.1) is 33.7 Å². The molecule has 0 spiro atoms. The first-order chi connectivity index (χ1) is 15.7. The quantitative estimate of drug-likeness (QED) is 0.135. The van der Waals surface area contributed by atoms with Crippen molar-refractivity contribution in [1.29, 1.82) is 0 Å². The van der Waals surface area contributed by atoms with Gasteiger partial charge in [-0.1, -0.05) is 6.92 Å². The van der Waals surface area contributed by atoms with Gasteiger partial charge in [0, 0.05) is 17.7 Å². The molecule has 1 aliphatic rings. The Balaban J connectivity index is 1.78. The van der Waals surface area contributed by atoms with Gasteiger partial charge >= 0.3 is 0 Å². The number of carbonyl (C=O) groups excluding carboxylic acids is 3. The molecule has 2 amide bonds. The molecule has 0 aliphatic carbocycles. The van der Waals surface area contributed by atoms with E-state index < -0.39 is 28.4 Å². The molecule has 2 aromatic carbocycles. The van der Waals surface area contributed by atoms with Gasteiger partial charge in [0.2, 0.25) is 0 Å². The molecular formula is C22H19IN2O7S. The van der Waals surface area contributed by atoms with Gasteiger partial charge in [0.15, 0.2) is 17.3 Å². The number of hydrogen-bond donors (Lipinski definition) is 0. The Morgan fingerprint density at radius 2 is 1.94 bits per heavy atom. The number of methoxy groups -OCH3 is 1. The highest BCUT2D eigenvalue weighted by Crippen LogP contribution is 2.37. The molecule has 1 saturated heterocycles. The lowest BCUT2D eigenvalue weighted by Gasteiger charge is -2.13. The van der Waals surface area contributed by atoms with Gasteiger partial charge in [-0.15, -0.1) is 0 Å². The number of Topliss-reactive ketones (excluding diaryl/α,β-unsaturated/α-hetero) is 1. The lowest BCUT2D eigenvalue weighted by Crippen LogP contribution is -2.33. The second-order valence-corrected chi connectivity index (χ2v) is 9.03. The zero-order valence-electron chi connectivity index (χ0n) is 17.7. The fourth-order valence-corrected chi connectivity index (χ4v) is 4.58. The molecule has 172 valence electrons. The second-order valence-electron chi connectivity index (χ2n) is 6.88. The summed E-state index contributed by atoms with van der Waals surface area (Å²) < 4.78 is 11.9. The molecule has 0 radical (unpaired) electrons. The van der Waals surface area contributed by atoms with E-state index in [2.05, 4.69) is 22.6 Å². The molecule has 2 aromatic rings. The SMILES string of the molecule is CCCOc1c(I)cc(/C=C2\SC(=O)N(CC(=O)c3ccc([N+](=O)[O-])cc3)C2=O)cc1OC. The Hall–Kier alpha value is -2.93. The molecule has 1 aliphatic heterocycles. The first-order valence-electron chi connectivity index (χ1n) is 9.78. The van der Waals surface area contributed by atoms with E-state index in [-0.39, 0.29) is 16.2 Å². The van der Waals surface area contributed by atoms with Crippen molar-refractivity contribution in [3.05, 3.63) is 66.1 Å². The standard InChI is InChI=1S/C22H19IN2O7S/c1-3-8-32-20-16(23)9-13(10-18(20)31-2)11-19-21(27)24(22(28)33-19)12-17(26)14-4-6-15(7-5-14)25(29)30/h4-7,9-11H,3,8,12H2,1-2H3/b19-11-. The van der Waals surface area contributed by atoms with Crippen LogP contribution in [0.3, 0.4) is 0 Å². The average molecular weight is 582 g/mol. The molecule has 1 fully saturated rings. The number of ether oxygens (including phenoxy) is 2. The fraction of sp³-hybridized carbons (Fsp3) is 0.227. The number of hydrogen-bond acceptors (Lipinski definition) is 8. The van der Waals surface area contributed by atoms with Crippen LogP contribution in [0.15, 0.2) is 41.3 Å². The maximum Gasteiger partial charge on any atom is 0.293 e. The fourth-order valence-electron chi connectivity index (χ4n) is 2.96. The number of imide groups is 1. The topological polar surface area (TPSA) is 116 Å². The first-order valence-corrected chi connectivity index (χ1v) is 11.7. The summed E-state index contributed by atoms with van der Waals surface area (Å²) in [4.78, 5) is 48.9. The van der Waals surface area contributed by atoms with Crippen molar-refractivity contribution < 1.29 is 28.8 Å². The minimum absolute atomic E-state index is 0.156. The number of rotatable bonds is 9. The van der Waals surface area contributed by atoms with Crippen LogP contribution < -0.4 is 9.47 Å². The summed E-state index contributed by atoms with van der Waals surface area (Å²) in [6.07, 6.45) is 2.41. The van der Waals surface area contributed by atoms with Crippen LogP contribution in [-0.2, 0) is 4.79 Å². The van der Waals surface area contributed by atoms with Crippen molar-refractivity contribution >= 4 is 63.0 Å². The van der Waals surface area contributed by atoms with E-state index in [0.29, 0.717) is 23.7 Å². The summed E-state index contributed by atoms with van der Waals surface area (Å²) in [5, 5.41) is 10.2. The van der Waals surface area contributed by atoms with Crippen LogP contribution in [0.25, 0.3) is 6.08 Å². The number of nitro groups is 1. The molecule has 9 nitrogen and oxygen atoms in total. The summed E-state index contributed by atoms with van der Waals surface area (Å²) in [7, 11) is 1.52. The summed E-state index contributed by atoms with van der Waals surface area (Å²) in [6.45, 7) is 2.08. The van der Waals surface area contributed by atoms with Crippen LogP contribution in [0.4, 0.5) is 10.5 Å². The van der Waals surface area contributed by atoms with Crippen LogP contribution in [0.2, 0.25) is 0 Å². The first kappa shape index (κ1) is 24.7. The predicted molar refractivity (Wildman–Crippen MR) is 132 cm³/mol. The molecule has 3 rings (SSSR count). The van der Waals surface area contributed by atoms with Gasteiger partial charge in [-0.05, 0) is 76.7 Å².